The van der Waals surface area contributed by atoms with Gasteiger partial charge in [0, 0.05) is 19.1 Å². The van der Waals surface area contributed by atoms with Crippen molar-refractivity contribution < 1.29 is 23.1 Å². The minimum Gasteiger partial charge on any atom is -0.465 e. The Morgan fingerprint density at radius 1 is 1.35 bits per heavy atom. The van der Waals surface area contributed by atoms with Crippen molar-refractivity contribution in [1.29, 1.82) is 0 Å². The van der Waals surface area contributed by atoms with Gasteiger partial charge < -0.3 is 15.2 Å². The van der Waals surface area contributed by atoms with Crippen molar-refractivity contribution in [3.8, 4) is 0 Å². The van der Waals surface area contributed by atoms with Gasteiger partial charge in [0.2, 0.25) is 10.0 Å². The molecule has 0 aliphatic carbocycles. The third kappa shape index (κ3) is 5.96. The van der Waals surface area contributed by atoms with Crippen molar-refractivity contribution in [3.63, 3.8) is 0 Å². The van der Waals surface area contributed by atoms with E-state index < -0.39 is 22.2 Å². The maximum absolute atomic E-state index is 12.4. The normalized spacial score (nSPS) is 17.8. The van der Waals surface area contributed by atoms with Gasteiger partial charge in [-0.15, -0.1) is 0 Å². The van der Waals surface area contributed by atoms with Crippen molar-refractivity contribution in [2.45, 2.75) is 52.4 Å². The van der Waals surface area contributed by atoms with E-state index >= 15 is 0 Å². The molecule has 8 heteroatoms. The zero-order chi connectivity index (χ0) is 19.3. The van der Waals surface area contributed by atoms with Gasteiger partial charge in [-0.05, 0) is 44.7 Å². The Balaban J connectivity index is 1.82. The predicted molar refractivity (Wildman–Crippen MR) is 99.7 cm³/mol. The number of hydrogen-bond acceptors (Lipinski definition) is 4. The smallest absolute Gasteiger partial charge is 0.404 e. The van der Waals surface area contributed by atoms with Gasteiger partial charge in [-0.3, -0.25) is 0 Å². The van der Waals surface area contributed by atoms with Crippen LogP contribution in [-0.4, -0.2) is 54.9 Å². The summed E-state index contributed by atoms with van der Waals surface area (Å²) in [6, 6.07) is 5.62. The molecule has 1 aliphatic heterocycles. The van der Waals surface area contributed by atoms with Gasteiger partial charge in [-0.1, -0.05) is 23.8 Å². The van der Waals surface area contributed by atoms with Crippen LogP contribution >= 0.6 is 0 Å². The number of benzene rings is 1. The van der Waals surface area contributed by atoms with E-state index in [1.54, 1.807) is 6.92 Å². The van der Waals surface area contributed by atoms with Gasteiger partial charge in [0.1, 0.15) is 0 Å². The molecule has 26 heavy (non-hydrogen) atoms. The number of ether oxygens (including phenoxy) is 1. The third-order valence-corrected chi connectivity index (χ3v) is 6.68. The van der Waals surface area contributed by atoms with E-state index in [-0.39, 0.29) is 11.9 Å². The number of nitrogens with one attached hydrogen (secondary N) is 1. The molecule has 2 N–H and O–H groups in total. The Kier molecular flexibility index (Phi) is 7.02. The molecule has 146 valence electrons. The van der Waals surface area contributed by atoms with E-state index in [4.69, 9.17) is 9.84 Å². The van der Waals surface area contributed by atoms with Crippen molar-refractivity contribution in [2.24, 2.45) is 0 Å². The van der Waals surface area contributed by atoms with Gasteiger partial charge in [0.05, 0.1) is 18.5 Å². The Morgan fingerprint density at radius 2 is 2.00 bits per heavy atom. The Morgan fingerprint density at radius 3 is 2.62 bits per heavy atom. The monoisotopic (exact) mass is 384 g/mol. The molecule has 0 radical (unpaired) electrons. The number of piperidine rings is 1. The second kappa shape index (κ2) is 8.83. The van der Waals surface area contributed by atoms with Crippen molar-refractivity contribution in [3.05, 3.63) is 34.9 Å². The number of carbonyl (C=O) groups is 1. The molecule has 1 fully saturated rings. The minimum absolute atomic E-state index is 0.0379. The van der Waals surface area contributed by atoms with E-state index in [9.17, 15) is 13.2 Å². The van der Waals surface area contributed by atoms with Crippen LogP contribution in [0.3, 0.4) is 0 Å². The van der Waals surface area contributed by atoms with Crippen molar-refractivity contribution in [2.75, 3.05) is 18.8 Å². The number of carboxylic acid groups (broad SMARTS) is 1. The van der Waals surface area contributed by atoms with Gasteiger partial charge in [0.15, 0.2) is 0 Å². The number of hydrogen-bond donors (Lipinski definition) is 2. The molecule has 1 aliphatic rings. The molecule has 1 atom stereocenters. The first-order chi connectivity index (χ1) is 12.2. The van der Waals surface area contributed by atoms with Crippen LogP contribution in [0.15, 0.2) is 18.2 Å². The van der Waals surface area contributed by atoms with Crippen LogP contribution in [-0.2, 0) is 21.4 Å². The lowest BCUT2D eigenvalue weighted by atomic mass is 10.1. The largest absolute Gasteiger partial charge is 0.465 e. The minimum atomic E-state index is -3.48. The van der Waals surface area contributed by atoms with Crippen LogP contribution in [0.4, 0.5) is 4.79 Å². The van der Waals surface area contributed by atoms with E-state index in [1.165, 1.54) is 15.4 Å². The lowest BCUT2D eigenvalue weighted by Gasteiger charge is -2.32. The summed E-state index contributed by atoms with van der Waals surface area (Å²) in [5, 5.41) is 10.9. The molecular weight excluding hydrogens is 356 g/mol. The molecule has 1 amide bonds. The van der Waals surface area contributed by atoms with E-state index in [2.05, 4.69) is 30.4 Å². The lowest BCUT2D eigenvalue weighted by Crippen LogP contribution is -2.46. The Labute approximate surface area is 155 Å². The zero-order valence-electron chi connectivity index (χ0n) is 15.6. The molecule has 1 heterocycles. The molecule has 1 aromatic carbocycles. The van der Waals surface area contributed by atoms with E-state index in [0.29, 0.717) is 32.5 Å². The molecular formula is C18H28N2O5S. The standard InChI is InChI=1S/C18H28N2O5S/c1-13-4-5-14(2)16(10-13)11-25-17-6-8-20(9-7-17)26(23,24)12-15(3)19-18(21)22/h4-5,10,15,17,19H,6-9,11-12H2,1-3H3,(H,21,22). The van der Waals surface area contributed by atoms with E-state index in [0.717, 1.165) is 5.56 Å². The topological polar surface area (TPSA) is 95.9 Å². The van der Waals surface area contributed by atoms with Crippen molar-refractivity contribution >= 4 is 16.1 Å². The molecule has 1 unspecified atom stereocenters. The number of rotatable bonds is 7. The molecule has 1 aromatic rings. The summed E-state index contributed by atoms with van der Waals surface area (Å²) in [5.74, 6) is -0.229. The first-order valence-corrected chi connectivity index (χ1v) is 10.4. The first-order valence-electron chi connectivity index (χ1n) is 8.82. The van der Waals surface area contributed by atoms with Crippen LogP contribution in [0.1, 0.15) is 36.5 Å². The van der Waals surface area contributed by atoms with Crippen LogP contribution in [0.25, 0.3) is 0 Å². The molecule has 0 spiro atoms. The van der Waals surface area contributed by atoms with Crippen LogP contribution in [0.2, 0.25) is 0 Å². The molecule has 0 bridgehead atoms. The third-order valence-electron chi connectivity index (χ3n) is 4.60. The quantitative estimate of drug-likeness (QED) is 0.752. The number of sulfonamides is 1. The highest BCUT2D eigenvalue weighted by Gasteiger charge is 2.30. The average Bonchev–Trinajstić information content (AvgIpc) is 2.54. The number of aryl methyl sites for hydroxylation is 2. The van der Waals surface area contributed by atoms with Crippen LogP contribution in [0, 0.1) is 13.8 Å². The Bertz CT molecular complexity index is 727. The number of amides is 1. The maximum Gasteiger partial charge on any atom is 0.404 e. The van der Waals surface area contributed by atoms with Gasteiger partial charge >= 0.3 is 6.09 Å². The maximum atomic E-state index is 12.4. The van der Waals surface area contributed by atoms with Gasteiger partial charge in [-0.2, -0.15) is 0 Å². The first kappa shape index (κ1) is 20.7. The lowest BCUT2D eigenvalue weighted by molar-refractivity contribution is 0.00996. The highest BCUT2D eigenvalue weighted by atomic mass is 32.2. The SMILES string of the molecule is Cc1ccc(C)c(COC2CCN(S(=O)(=O)CC(C)NC(=O)O)CC2)c1. The fraction of sp³-hybridized carbons (Fsp3) is 0.611. The fourth-order valence-electron chi connectivity index (χ4n) is 3.11. The van der Waals surface area contributed by atoms with Crippen LogP contribution < -0.4 is 5.32 Å². The summed E-state index contributed by atoms with van der Waals surface area (Å²) >= 11 is 0. The molecule has 0 aromatic heterocycles. The summed E-state index contributed by atoms with van der Waals surface area (Å²) < 4.78 is 32.2. The fourth-order valence-corrected chi connectivity index (χ4v) is 4.81. The summed E-state index contributed by atoms with van der Waals surface area (Å²) in [4.78, 5) is 10.6. The predicted octanol–water partition coefficient (Wildman–Crippen LogP) is 2.27. The highest BCUT2D eigenvalue weighted by Crippen LogP contribution is 2.20. The number of nitrogens with zero attached hydrogens (tertiary/aromatic N) is 1. The molecule has 2 rings (SSSR count). The summed E-state index contributed by atoms with van der Waals surface area (Å²) in [5.41, 5.74) is 3.54. The second-order valence-electron chi connectivity index (χ2n) is 6.97. The molecule has 1 saturated heterocycles. The second-order valence-corrected chi connectivity index (χ2v) is 8.98. The Hall–Kier alpha value is -1.64. The van der Waals surface area contributed by atoms with Crippen LogP contribution in [0.5, 0.6) is 0 Å². The van der Waals surface area contributed by atoms with Gasteiger partial charge in [0.25, 0.3) is 0 Å². The zero-order valence-corrected chi connectivity index (χ0v) is 16.4. The molecule has 0 saturated carbocycles. The summed E-state index contributed by atoms with van der Waals surface area (Å²) in [6.07, 6.45) is 0.109. The van der Waals surface area contributed by atoms with Crippen molar-refractivity contribution in [1.82, 2.24) is 9.62 Å². The van der Waals surface area contributed by atoms with E-state index in [1.807, 2.05) is 6.92 Å². The summed E-state index contributed by atoms with van der Waals surface area (Å²) in [7, 11) is -3.48. The van der Waals surface area contributed by atoms with Gasteiger partial charge in [-0.25, -0.2) is 17.5 Å². The average molecular weight is 384 g/mol. The molecule has 7 nitrogen and oxygen atoms in total. The summed E-state index contributed by atoms with van der Waals surface area (Å²) in [6.45, 7) is 6.99. The highest BCUT2D eigenvalue weighted by molar-refractivity contribution is 7.89.